The summed E-state index contributed by atoms with van der Waals surface area (Å²) < 4.78 is 45.1. The Labute approximate surface area is 146 Å². The molecule has 1 saturated carbocycles. The predicted octanol–water partition coefficient (Wildman–Crippen LogP) is 5.07. The van der Waals surface area contributed by atoms with Gasteiger partial charge < -0.3 is 9.64 Å². The minimum absolute atomic E-state index is 0.0892. The fraction of sp³-hybridized carbons (Fsp3) is 0.632. The summed E-state index contributed by atoms with van der Waals surface area (Å²) in [5, 5.41) is 0. The zero-order chi connectivity index (χ0) is 18.4. The molecule has 1 aliphatic carbocycles. The van der Waals surface area contributed by atoms with Crippen LogP contribution < -0.4 is 0 Å². The summed E-state index contributed by atoms with van der Waals surface area (Å²) in [6.07, 6.45) is -3.26. The van der Waals surface area contributed by atoms with Crippen molar-refractivity contribution in [1.82, 2.24) is 4.90 Å². The predicted molar refractivity (Wildman–Crippen MR) is 88.2 cm³/mol. The first-order valence-corrected chi connectivity index (χ1v) is 8.68. The molecule has 25 heavy (non-hydrogen) atoms. The third-order valence-electron chi connectivity index (χ3n) is 5.11. The molecule has 0 radical (unpaired) electrons. The van der Waals surface area contributed by atoms with E-state index in [1.807, 2.05) is 20.8 Å². The van der Waals surface area contributed by atoms with Crippen LogP contribution in [0.3, 0.4) is 0 Å². The minimum atomic E-state index is -4.32. The van der Waals surface area contributed by atoms with Crippen LogP contribution in [-0.2, 0) is 10.9 Å². The molecule has 2 fully saturated rings. The van der Waals surface area contributed by atoms with Gasteiger partial charge in [-0.15, -0.1) is 0 Å². The van der Waals surface area contributed by atoms with Crippen molar-refractivity contribution < 1.29 is 22.7 Å². The van der Waals surface area contributed by atoms with Crippen LogP contribution in [0.2, 0.25) is 0 Å². The maximum Gasteiger partial charge on any atom is 0.416 e. The molecule has 1 aliphatic heterocycles. The molecule has 0 N–H and O–H groups in total. The Balaban J connectivity index is 1.68. The second-order valence-electron chi connectivity index (χ2n) is 8.16. The molecule has 3 rings (SSSR count). The van der Waals surface area contributed by atoms with Crippen LogP contribution >= 0.6 is 0 Å². The van der Waals surface area contributed by atoms with Crippen molar-refractivity contribution >= 4 is 6.09 Å². The van der Waals surface area contributed by atoms with Gasteiger partial charge in [0.25, 0.3) is 0 Å². The van der Waals surface area contributed by atoms with Crippen molar-refractivity contribution in [3.05, 3.63) is 35.4 Å². The van der Waals surface area contributed by atoms with Crippen LogP contribution in [0.1, 0.15) is 50.7 Å². The van der Waals surface area contributed by atoms with Crippen molar-refractivity contribution in [1.29, 1.82) is 0 Å². The Kier molecular flexibility index (Phi) is 4.50. The van der Waals surface area contributed by atoms with Gasteiger partial charge in [0.15, 0.2) is 0 Å². The van der Waals surface area contributed by atoms with Gasteiger partial charge in [-0.2, -0.15) is 13.2 Å². The minimum Gasteiger partial charge on any atom is -0.444 e. The van der Waals surface area contributed by atoms with Crippen LogP contribution in [-0.4, -0.2) is 29.7 Å². The number of halogens is 3. The molecule has 2 atom stereocenters. The topological polar surface area (TPSA) is 29.5 Å². The van der Waals surface area contributed by atoms with E-state index in [1.54, 1.807) is 17.0 Å². The van der Waals surface area contributed by atoms with Gasteiger partial charge in [0.2, 0.25) is 0 Å². The van der Waals surface area contributed by atoms with Crippen molar-refractivity contribution in [3.63, 3.8) is 0 Å². The summed E-state index contributed by atoms with van der Waals surface area (Å²) in [6, 6.07) is 5.87. The van der Waals surface area contributed by atoms with Gasteiger partial charge in [-0.25, -0.2) is 4.79 Å². The maximum atomic E-state index is 13.2. The van der Waals surface area contributed by atoms with Gasteiger partial charge in [-0.3, -0.25) is 0 Å². The molecule has 2 unspecified atom stereocenters. The van der Waals surface area contributed by atoms with Gasteiger partial charge in [0, 0.05) is 13.1 Å². The lowest BCUT2D eigenvalue weighted by molar-refractivity contribution is -0.138. The molecule has 6 heteroatoms. The number of hydrogen-bond donors (Lipinski definition) is 0. The number of likely N-dealkylation sites (tertiary alicyclic amines) is 1. The fourth-order valence-corrected chi connectivity index (χ4v) is 4.14. The summed E-state index contributed by atoms with van der Waals surface area (Å²) in [5.74, 6) is 0.409. The Morgan fingerprint density at radius 1 is 1.08 bits per heavy atom. The van der Waals surface area contributed by atoms with Gasteiger partial charge in [0.05, 0.1) is 5.56 Å². The van der Waals surface area contributed by atoms with E-state index in [4.69, 9.17) is 4.74 Å². The van der Waals surface area contributed by atoms with E-state index < -0.39 is 17.3 Å². The number of amides is 1. The number of benzene rings is 1. The monoisotopic (exact) mass is 355 g/mol. The van der Waals surface area contributed by atoms with Crippen molar-refractivity contribution in [2.24, 2.45) is 11.8 Å². The first-order chi connectivity index (χ1) is 11.5. The Morgan fingerprint density at radius 2 is 1.64 bits per heavy atom. The van der Waals surface area contributed by atoms with Gasteiger partial charge in [0.1, 0.15) is 5.60 Å². The number of nitrogens with zero attached hydrogens (tertiary/aromatic N) is 1. The number of carbonyl (C=O) groups excluding carboxylic acids is 1. The largest absolute Gasteiger partial charge is 0.444 e. The number of alkyl halides is 3. The number of carbonyl (C=O) groups is 1. The molecular weight excluding hydrogens is 331 g/mol. The van der Waals surface area contributed by atoms with Crippen LogP contribution in [0.5, 0.6) is 0 Å². The quantitative estimate of drug-likeness (QED) is 0.704. The first kappa shape index (κ1) is 18.1. The fourth-order valence-electron chi connectivity index (χ4n) is 4.14. The maximum absolute atomic E-state index is 13.2. The number of rotatable bonds is 1. The molecule has 3 nitrogen and oxygen atoms in total. The zero-order valence-electron chi connectivity index (χ0n) is 14.8. The highest BCUT2D eigenvalue weighted by atomic mass is 19.4. The SMILES string of the molecule is CC(C)(C)OC(=O)N1CC2CC(c3ccccc3C(F)(F)F)CC2C1. The van der Waals surface area contributed by atoms with E-state index in [0.29, 0.717) is 31.5 Å². The molecule has 1 saturated heterocycles. The lowest BCUT2D eigenvalue weighted by Gasteiger charge is -2.25. The second-order valence-corrected chi connectivity index (χ2v) is 8.16. The summed E-state index contributed by atoms with van der Waals surface area (Å²) in [7, 11) is 0. The highest BCUT2D eigenvalue weighted by Crippen LogP contribution is 2.48. The molecule has 138 valence electrons. The van der Waals surface area contributed by atoms with E-state index >= 15 is 0 Å². The molecule has 0 spiro atoms. The third kappa shape index (κ3) is 3.93. The van der Waals surface area contributed by atoms with Crippen LogP contribution in [0, 0.1) is 11.8 Å². The average Bonchev–Trinajstić information content (AvgIpc) is 3.03. The van der Waals surface area contributed by atoms with Gasteiger partial charge in [-0.05, 0) is 63.0 Å². The second kappa shape index (κ2) is 6.22. The summed E-state index contributed by atoms with van der Waals surface area (Å²) in [5.41, 5.74) is -0.666. The lowest BCUT2D eigenvalue weighted by Crippen LogP contribution is -2.36. The lowest BCUT2D eigenvalue weighted by atomic mass is 9.91. The van der Waals surface area contributed by atoms with Gasteiger partial charge >= 0.3 is 12.3 Å². The molecule has 2 aliphatic rings. The summed E-state index contributed by atoms with van der Waals surface area (Å²) >= 11 is 0. The summed E-state index contributed by atoms with van der Waals surface area (Å²) in [4.78, 5) is 13.9. The van der Waals surface area contributed by atoms with Crippen molar-refractivity contribution in [2.45, 2.75) is 51.3 Å². The molecule has 1 aromatic carbocycles. The van der Waals surface area contributed by atoms with E-state index in [9.17, 15) is 18.0 Å². The van der Waals surface area contributed by atoms with Gasteiger partial charge in [-0.1, -0.05) is 18.2 Å². The number of fused-ring (bicyclic) bond motifs is 1. The standard InChI is InChI=1S/C19H24F3NO2/c1-18(2,3)25-17(24)23-10-13-8-12(9-14(13)11-23)15-6-4-5-7-16(15)19(20,21)22/h4-7,12-14H,8-11H2,1-3H3. The van der Waals surface area contributed by atoms with Crippen molar-refractivity contribution in [2.75, 3.05) is 13.1 Å². The molecule has 1 aromatic rings. The van der Waals surface area contributed by atoms with E-state index in [-0.39, 0.29) is 23.8 Å². The molecule has 1 heterocycles. The normalized spacial score (nSPS) is 26.6. The van der Waals surface area contributed by atoms with E-state index in [2.05, 4.69) is 0 Å². The Hall–Kier alpha value is -1.72. The van der Waals surface area contributed by atoms with Crippen LogP contribution in [0.4, 0.5) is 18.0 Å². The molecule has 1 amide bonds. The van der Waals surface area contributed by atoms with Crippen LogP contribution in [0.15, 0.2) is 24.3 Å². The highest BCUT2D eigenvalue weighted by Gasteiger charge is 2.45. The van der Waals surface area contributed by atoms with E-state index in [0.717, 1.165) is 6.07 Å². The molecule has 0 bridgehead atoms. The van der Waals surface area contributed by atoms with E-state index in [1.165, 1.54) is 6.07 Å². The summed E-state index contributed by atoms with van der Waals surface area (Å²) in [6.45, 7) is 6.62. The highest BCUT2D eigenvalue weighted by molar-refractivity contribution is 5.68. The molecule has 0 aromatic heterocycles. The zero-order valence-corrected chi connectivity index (χ0v) is 14.8. The average molecular weight is 355 g/mol. The number of ether oxygens (including phenoxy) is 1. The van der Waals surface area contributed by atoms with Crippen molar-refractivity contribution in [3.8, 4) is 0 Å². The smallest absolute Gasteiger partial charge is 0.416 e. The molecular formula is C19H24F3NO2. The third-order valence-corrected chi connectivity index (χ3v) is 5.11. The first-order valence-electron chi connectivity index (χ1n) is 8.68. The Morgan fingerprint density at radius 3 is 2.16 bits per heavy atom. The number of hydrogen-bond acceptors (Lipinski definition) is 2. The Bertz CT molecular complexity index is 637. The van der Waals surface area contributed by atoms with Crippen LogP contribution in [0.25, 0.3) is 0 Å².